The topological polar surface area (TPSA) is 84.8 Å². The fourth-order valence-electron chi connectivity index (χ4n) is 1.89. The quantitative estimate of drug-likeness (QED) is 0.795. The van der Waals surface area contributed by atoms with Crippen LogP contribution in [0.4, 0.5) is 0 Å². The minimum absolute atomic E-state index is 0.0712. The van der Waals surface area contributed by atoms with E-state index < -0.39 is 0 Å². The molecule has 0 bridgehead atoms. The molecule has 2 N–H and O–H groups in total. The SMILES string of the molecule is O=C(NCC1Cn2nncc2CO1)c1ccc[nH]1. The van der Waals surface area contributed by atoms with Crippen LogP contribution in [0.25, 0.3) is 0 Å². The minimum Gasteiger partial charge on any atom is -0.368 e. The van der Waals surface area contributed by atoms with Crippen LogP contribution >= 0.6 is 0 Å². The van der Waals surface area contributed by atoms with Gasteiger partial charge in [-0.3, -0.25) is 4.79 Å². The number of carbonyl (C=O) groups is 1. The van der Waals surface area contributed by atoms with E-state index in [1.54, 1.807) is 29.2 Å². The van der Waals surface area contributed by atoms with Gasteiger partial charge in [0, 0.05) is 12.7 Å². The summed E-state index contributed by atoms with van der Waals surface area (Å²) in [6, 6.07) is 3.51. The molecule has 0 spiro atoms. The maximum atomic E-state index is 11.7. The Balaban J connectivity index is 1.54. The fourth-order valence-corrected chi connectivity index (χ4v) is 1.89. The van der Waals surface area contributed by atoms with Crippen molar-refractivity contribution in [1.29, 1.82) is 0 Å². The molecule has 2 aromatic heterocycles. The standard InChI is InChI=1S/C11H13N5O2/c17-11(10-2-1-3-12-10)13-5-9-6-16-8(7-18-9)4-14-15-16/h1-4,9,12H,5-7H2,(H,13,17). The van der Waals surface area contributed by atoms with Crippen molar-refractivity contribution in [2.24, 2.45) is 0 Å². The van der Waals surface area contributed by atoms with Crippen LogP contribution in [0.1, 0.15) is 16.2 Å². The van der Waals surface area contributed by atoms with Gasteiger partial charge in [-0.15, -0.1) is 5.10 Å². The molecule has 1 aliphatic heterocycles. The van der Waals surface area contributed by atoms with Crippen molar-refractivity contribution >= 4 is 5.91 Å². The fraction of sp³-hybridized carbons (Fsp3) is 0.364. The first kappa shape index (κ1) is 11.0. The van der Waals surface area contributed by atoms with Crippen LogP contribution in [0.5, 0.6) is 0 Å². The number of hydrogen-bond acceptors (Lipinski definition) is 4. The smallest absolute Gasteiger partial charge is 0.267 e. The second-order valence-corrected chi connectivity index (χ2v) is 4.13. The summed E-state index contributed by atoms with van der Waals surface area (Å²) in [6.07, 6.45) is 3.33. The highest BCUT2D eigenvalue weighted by Gasteiger charge is 2.20. The summed E-state index contributed by atoms with van der Waals surface area (Å²) >= 11 is 0. The molecule has 0 saturated heterocycles. The number of carbonyl (C=O) groups excluding carboxylic acids is 1. The summed E-state index contributed by atoms with van der Waals surface area (Å²) in [7, 11) is 0. The molecule has 0 aromatic carbocycles. The third-order valence-corrected chi connectivity index (χ3v) is 2.87. The van der Waals surface area contributed by atoms with E-state index in [2.05, 4.69) is 20.6 Å². The maximum Gasteiger partial charge on any atom is 0.267 e. The highest BCUT2D eigenvalue weighted by Crippen LogP contribution is 2.10. The number of nitrogens with one attached hydrogen (secondary N) is 2. The average Bonchev–Trinajstić information content (AvgIpc) is 3.05. The molecule has 1 atom stereocenters. The van der Waals surface area contributed by atoms with Gasteiger partial charge in [0.05, 0.1) is 31.1 Å². The highest BCUT2D eigenvalue weighted by molar-refractivity contribution is 5.92. The molecular formula is C11H13N5O2. The molecule has 7 nitrogen and oxygen atoms in total. The normalized spacial score (nSPS) is 18.3. The highest BCUT2D eigenvalue weighted by atomic mass is 16.5. The van der Waals surface area contributed by atoms with Gasteiger partial charge >= 0.3 is 0 Å². The van der Waals surface area contributed by atoms with Crippen molar-refractivity contribution < 1.29 is 9.53 Å². The van der Waals surface area contributed by atoms with Crippen molar-refractivity contribution in [3.05, 3.63) is 35.9 Å². The molecule has 18 heavy (non-hydrogen) atoms. The van der Waals surface area contributed by atoms with E-state index in [0.717, 1.165) is 5.69 Å². The Morgan fingerprint density at radius 1 is 1.67 bits per heavy atom. The largest absolute Gasteiger partial charge is 0.368 e. The van der Waals surface area contributed by atoms with Crippen LogP contribution in [0.2, 0.25) is 0 Å². The van der Waals surface area contributed by atoms with Crippen molar-refractivity contribution in [1.82, 2.24) is 25.3 Å². The molecule has 1 aliphatic rings. The molecule has 3 heterocycles. The first-order valence-corrected chi connectivity index (χ1v) is 5.73. The third kappa shape index (κ3) is 2.12. The van der Waals surface area contributed by atoms with E-state index in [9.17, 15) is 4.79 Å². The molecule has 0 radical (unpaired) electrons. The van der Waals surface area contributed by atoms with Crippen LogP contribution in [0.3, 0.4) is 0 Å². The molecule has 0 fully saturated rings. The first-order chi connectivity index (χ1) is 8.83. The molecule has 1 unspecified atom stereocenters. The van der Waals surface area contributed by atoms with E-state index in [1.165, 1.54) is 0 Å². The van der Waals surface area contributed by atoms with Crippen molar-refractivity contribution in [3.8, 4) is 0 Å². The number of hydrogen-bond donors (Lipinski definition) is 2. The van der Waals surface area contributed by atoms with Crippen LogP contribution in [-0.4, -0.2) is 38.5 Å². The number of H-pyrrole nitrogens is 1. The lowest BCUT2D eigenvalue weighted by Gasteiger charge is -2.23. The predicted octanol–water partition coefficient (Wildman–Crippen LogP) is -0.0650. The number of fused-ring (bicyclic) bond motifs is 1. The predicted molar refractivity (Wildman–Crippen MR) is 61.7 cm³/mol. The molecule has 1 amide bonds. The Morgan fingerprint density at radius 3 is 3.44 bits per heavy atom. The van der Waals surface area contributed by atoms with Gasteiger partial charge in [0.2, 0.25) is 0 Å². The summed E-state index contributed by atoms with van der Waals surface area (Å²) in [6.45, 7) is 1.55. The lowest BCUT2D eigenvalue weighted by molar-refractivity contribution is 0.00148. The van der Waals surface area contributed by atoms with E-state index in [1.807, 2.05) is 0 Å². The van der Waals surface area contributed by atoms with Crippen LogP contribution in [-0.2, 0) is 17.9 Å². The van der Waals surface area contributed by atoms with E-state index in [4.69, 9.17) is 4.74 Å². The lowest BCUT2D eigenvalue weighted by Crippen LogP contribution is -2.39. The van der Waals surface area contributed by atoms with Gasteiger partial charge in [-0.1, -0.05) is 5.21 Å². The summed E-state index contributed by atoms with van der Waals surface area (Å²) in [5.74, 6) is -0.131. The van der Waals surface area contributed by atoms with E-state index in [-0.39, 0.29) is 12.0 Å². The molecule has 3 rings (SSSR count). The molecule has 2 aromatic rings. The summed E-state index contributed by atoms with van der Waals surface area (Å²) in [5, 5.41) is 10.6. The number of aromatic nitrogens is 4. The Labute approximate surface area is 103 Å². The molecular weight excluding hydrogens is 234 g/mol. The summed E-state index contributed by atoms with van der Waals surface area (Å²) in [4.78, 5) is 14.6. The van der Waals surface area contributed by atoms with Gasteiger partial charge in [-0.2, -0.15) is 0 Å². The van der Waals surface area contributed by atoms with Crippen LogP contribution in [0, 0.1) is 0 Å². The molecule has 7 heteroatoms. The van der Waals surface area contributed by atoms with Crippen molar-refractivity contribution in [2.45, 2.75) is 19.3 Å². The van der Waals surface area contributed by atoms with Crippen molar-refractivity contribution in [2.75, 3.05) is 6.54 Å². The van der Waals surface area contributed by atoms with Gasteiger partial charge in [-0.05, 0) is 12.1 Å². The Hall–Kier alpha value is -2.15. The monoisotopic (exact) mass is 247 g/mol. The minimum atomic E-state index is -0.131. The average molecular weight is 247 g/mol. The summed E-state index contributed by atoms with van der Waals surface area (Å²) < 4.78 is 7.41. The van der Waals surface area contributed by atoms with Crippen LogP contribution < -0.4 is 5.32 Å². The third-order valence-electron chi connectivity index (χ3n) is 2.87. The number of rotatable bonds is 3. The number of aromatic amines is 1. The molecule has 94 valence electrons. The lowest BCUT2D eigenvalue weighted by atomic mass is 10.3. The van der Waals surface area contributed by atoms with Crippen molar-refractivity contribution in [3.63, 3.8) is 0 Å². The van der Waals surface area contributed by atoms with Gasteiger partial charge in [-0.25, -0.2) is 4.68 Å². The number of nitrogens with zero attached hydrogens (tertiary/aromatic N) is 3. The zero-order valence-corrected chi connectivity index (χ0v) is 9.67. The second kappa shape index (κ2) is 4.61. The Bertz CT molecular complexity index is 533. The zero-order chi connectivity index (χ0) is 12.4. The first-order valence-electron chi connectivity index (χ1n) is 5.73. The Kier molecular flexibility index (Phi) is 2.81. The number of amides is 1. The van der Waals surface area contributed by atoms with Gasteiger partial charge in [0.25, 0.3) is 5.91 Å². The Morgan fingerprint density at radius 2 is 2.61 bits per heavy atom. The second-order valence-electron chi connectivity index (χ2n) is 4.13. The maximum absolute atomic E-state index is 11.7. The van der Waals surface area contributed by atoms with Crippen LogP contribution in [0.15, 0.2) is 24.5 Å². The molecule has 0 saturated carbocycles. The summed E-state index contributed by atoms with van der Waals surface area (Å²) in [5.41, 5.74) is 1.51. The molecule has 0 aliphatic carbocycles. The number of ether oxygens (including phenoxy) is 1. The van der Waals surface area contributed by atoms with Gasteiger partial charge in [0.1, 0.15) is 5.69 Å². The van der Waals surface area contributed by atoms with Gasteiger partial charge in [0.15, 0.2) is 0 Å². The van der Waals surface area contributed by atoms with E-state index in [0.29, 0.717) is 25.4 Å². The van der Waals surface area contributed by atoms with Gasteiger partial charge < -0.3 is 15.0 Å². The zero-order valence-electron chi connectivity index (χ0n) is 9.67. The van der Waals surface area contributed by atoms with E-state index >= 15 is 0 Å².